The maximum absolute atomic E-state index is 14.7. The van der Waals surface area contributed by atoms with Crippen molar-refractivity contribution in [1.82, 2.24) is 9.88 Å². The first-order valence-electron chi connectivity index (χ1n) is 10.0. The third-order valence-electron chi connectivity index (χ3n) is 5.38. The van der Waals surface area contributed by atoms with Gasteiger partial charge in [0.05, 0.1) is 11.6 Å². The fraction of sp³-hybridized carbons (Fsp3) is 0.208. The van der Waals surface area contributed by atoms with Crippen molar-refractivity contribution in [2.45, 2.75) is 12.5 Å². The highest BCUT2D eigenvalue weighted by atomic mass is 19.1. The molecule has 8 heteroatoms. The Morgan fingerprint density at radius 1 is 1.28 bits per heavy atom. The van der Waals surface area contributed by atoms with Crippen molar-refractivity contribution in [1.29, 1.82) is 5.26 Å². The highest BCUT2D eigenvalue weighted by Crippen LogP contribution is 2.31. The van der Waals surface area contributed by atoms with Gasteiger partial charge in [0.1, 0.15) is 18.4 Å². The molecule has 1 fully saturated rings. The Balaban J connectivity index is 1.45. The molecule has 0 saturated carbocycles. The van der Waals surface area contributed by atoms with Crippen LogP contribution in [-0.4, -0.2) is 42.7 Å². The average Bonchev–Trinajstić information content (AvgIpc) is 3.13. The van der Waals surface area contributed by atoms with Gasteiger partial charge in [-0.2, -0.15) is 5.26 Å². The number of hydrogen-bond donors (Lipinski definition) is 0. The maximum Gasteiger partial charge on any atom is 0.409 e. The van der Waals surface area contributed by atoms with E-state index < -0.39 is 5.82 Å². The molecule has 0 spiro atoms. The minimum Gasteiger partial charge on any atom is -0.454 e. The predicted molar refractivity (Wildman–Crippen MR) is 117 cm³/mol. The lowest BCUT2D eigenvalue weighted by molar-refractivity contribution is 0.163. The first-order valence-corrected chi connectivity index (χ1v) is 10.0. The minimum atomic E-state index is -0.531. The summed E-state index contributed by atoms with van der Waals surface area (Å²) in [5, 5.41) is 9.27. The zero-order valence-electron chi connectivity index (χ0n) is 17.7. The monoisotopic (exact) mass is 432 g/mol. The number of ether oxygens (including phenoxy) is 2. The van der Waals surface area contributed by atoms with E-state index in [0.29, 0.717) is 35.8 Å². The number of cyclic esters (lactones) is 1. The molecule has 0 bridgehead atoms. The molecule has 1 aromatic heterocycles. The number of likely N-dealkylation sites (N-methyl/N-ethyl adjacent to an activating group) is 1. The molecule has 4 rings (SSSR count). The molecule has 0 N–H and O–H groups in total. The second-order valence-corrected chi connectivity index (χ2v) is 7.45. The van der Waals surface area contributed by atoms with Crippen LogP contribution in [0.3, 0.4) is 0 Å². The second kappa shape index (κ2) is 8.94. The van der Waals surface area contributed by atoms with Crippen LogP contribution in [0, 0.1) is 17.1 Å². The van der Waals surface area contributed by atoms with Crippen LogP contribution in [0.25, 0.3) is 0 Å². The van der Waals surface area contributed by atoms with Crippen LogP contribution in [0.4, 0.5) is 20.7 Å². The van der Waals surface area contributed by atoms with Gasteiger partial charge in [0.2, 0.25) is 0 Å². The molecule has 0 unspecified atom stereocenters. The summed E-state index contributed by atoms with van der Waals surface area (Å²) >= 11 is 0. The summed E-state index contributed by atoms with van der Waals surface area (Å²) in [4.78, 5) is 18.9. The number of rotatable bonds is 6. The molecule has 2 heterocycles. The van der Waals surface area contributed by atoms with Crippen LogP contribution >= 0.6 is 0 Å². The van der Waals surface area contributed by atoms with E-state index in [0.717, 1.165) is 5.56 Å². The van der Waals surface area contributed by atoms with E-state index in [1.54, 1.807) is 66.5 Å². The molecular weight excluding hydrogens is 411 g/mol. The van der Waals surface area contributed by atoms with Crippen LogP contribution in [-0.2, 0) is 11.2 Å². The van der Waals surface area contributed by atoms with E-state index >= 15 is 0 Å². The SMILES string of the molecule is CN(c1ccc(Oc2ccc(C[C@H]3COC(=O)N3C)cc2)c(F)c1)c1ncccc1C#N. The topological polar surface area (TPSA) is 78.7 Å². The zero-order valence-corrected chi connectivity index (χ0v) is 17.7. The highest BCUT2D eigenvalue weighted by molar-refractivity contribution is 5.69. The van der Waals surface area contributed by atoms with Gasteiger partial charge in [-0.1, -0.05) is 12.1 Å². The maximum atomic E-state index is 14.7. The normalized spacial score (nSPS) is 15.2. The number of anilines is 2. The van der Waals surface area contributed by atoms with Crippen LogP contribution < -0.4 is 9.64 Å². The number of halogens is 1. The van der Waals surface area contributed by atoms with E-state index in [9.17, 15) is 14.4 Å². The van der Waals surface area contributed by atoms with Gasteiger partial charge < -0.3 is 19.3 Å². The van der Waals surface area contributed by atoms with E-state index in [-0.39, 0.29) is 17.9 Å². The van der Waals surface area contributed by atoms with Crippen molar-refractivity contribution in [2.75, 3.05) is 25.6 Å². The molecule has 7 nitrogen and oxygen atoms in total. The lowest BCUT2D eigenvalue weighted by Gasteiger charge is -2.20. The van der Waals surface area contributed by atoms with Crippen LogP contribution in [0.2, 0.25) is 0 Å². The van der Waals surface area contributed by atoms with E-state index in [1.807, 2.05) is 12.1 Å². The van der Waals surface area contributed by atoms with Gasteiger partial charge in [0.25, 0.3) is 0 Å². The summed E-state index contributed by atoms with van der Waals surface area (Å²) in [6.45, 7) is 0.369. The molecule has 162 valence electrons. The van der Waals surface area contributed by atoms with Crippen LogP contribution in [0.5, 0.6) is 11.5 Å². The van der Waals surface area contributed by atoms with Crippen molar-refractivity contribution < 1.29 is 18.7 Å². The van der Waals surface area contributed by atoms with Crippen molar-refractivity contribution >= 4 is 17.6 Å². The molecule has 1 aliphatic heterocycles. The van der Waals surface area contributed by atoms with Gasteiger partial charge in [0.15, 0.2) is 17.4 Å². The predicted octanol–water partition coefficient (Wildman–Crippen LogP) is 4.65. The summed E-state index contributed by atoms with van der Waals surface area (Å²) < 4.78 is 25.5. The number of benzene rings is 2. The number of carbonyl (C=O) groups is 1. The fourth-order valence-electron chi connectivity index (χ4n) is 3.47. The Morgan fingerprint density at radius 2 is 2.06 bits per heavy atom. The fourth-order valence-corrected chi connectivity index (χ4v) is 3.47. The molecular formula is C24H21FN4O3. The van der Waals surface area contributed by atoms with Crippen molar-refractivity contribution in [2.24, 2.45) is 0 Å². The van der Waals surface area contributed by atoms with E-state index in [2.05, 4.69) is 11.1 Å². The quantitative estimate of drug-likeness (QED) is 0.564. The molecule has 1 atom stereocenters. The third-order valence-corrected chi connectivity index (χ3v) is 5.38. The zero-order chi connectivity index (χ0) is 22.7. The molecule has 1 saturated heterocycles. The van der Waals surface area contributed by atoms with Crippen molar-refractivity contribution in [3.63, 3.8) is 0 Å². The van der Waals surface area contributed by atoms with E-state index in [1.165, 1.54) is 6.07 Å². The van der Waals surface area contributed by atoms with Crippen LogP contribution in [0.15, 0.2) is 60.8 Å². The number of carbonyl (C=O) groups excluding carboxylic acids is 1. The van der Waals surface area contributed by atoms with Gasteiger partial charge >= 0.3 is 6.09 Å². The Kier molecular flexibility index (Phi) is 5.90. The Bertz CT molecular complexity index is 1180. The first kappa shape index (κ1) is 21.1. The lowest BCUT2D eigenvalue weighted by Crippen LogP contribution is -2.30. The van der Waals surface area contributed by atoms with Gasteiger partial charge in [-0.15, -0.1) is 0 Å². The molecule has 0 aliphatic carbocycles. The molecule has 0 radical (unpaired) electrons. The van der Waals surface area contributed by atoms with Gasteiger partial charge in [-0.05, 0) is 48.4 Å². The average molecular weight is 432 g/mol. The number of hydrogen-bond acceptors (Lipinski definition) is 6. The third kappa shape index (κ3) is 4.32. The van der Waals surface area contributed by atoms with Crippen molar-refractivity contribution in [3.8, 4) is 17.6 Å². The van der Waals surface area contributed by atoms with Crippen molar-refractivity contribution in [3.05, 3.63) is 77.7 Å². The number of nitrogens with zero attached hydrogens (tertiary/aromatic N) is 4. The summed E-state index contributed by atoms with van der Waals surface area (Å²) in [6.07, 6.45) is 1.93. The van der Waals surface area contributed by atoms with Crippen LogP contribution in [0.1, 0.15) is 11.1 Å². The number of aromatic nitrogens is 1. The molecule has 1 aliphatic rings. The first-order chi connectivity index (χ1) is 15.5. The largest absolute Gasteiger partial charge is 0.454 e. The summed E-state index contributed by atoms with van der Waals surface area (Å²) in [7, 11) is 3.44. The highest BCUT2D eigenvalue weighted by Gasteiger charge is 2.29. The summed E-state index contributed by atoms with van der Waals surface area (Å²) in [5.74, 6) is 0.498. The van der Waals surface area contributed by atoms with E-state index in [4.69, 9.17) is 9.47 Å². The molecule has 32 heavy (non-hydrogen) atoms. The molecule has 1 amide bonds. The number of amides is 1. The Labute approximate surface area is 185 Å². The van der Waals surface area contributed by atoms with Gasteiger partial charge in [0, 0.05) is 32.0 Å². The Hall–Kier alpha value is -4.12. The number of pyridine rings is 1. The standard InChI is InChI=1S/C24H21FN4O3/c1-28(23-17(14-26)4-3-11-27-23)18-7-10-22(21(25)13-18)32-20-8-5-16(6-9-20)12-19-15-31-24(30)29(19)2/h3-11,13,19H,12,15H2,1-2H3/t19-/m0/s1. The molecule has 2 aromatic carbocycles. The summed E-state index contributed by atoms with van der Waals surface area (Å²) in [5.41, 5.74) is 1.96. The van der Waals surface area contributed by atoms with Gasteiger partial charge in [-0.25, -0.2) is 14.2 Å². The molecule has 3 aromatic rings. The lowest BCUT2D eigenvalue weighted by atomic mass is 10.1. The smallest absolute Gasteiger partial charge is 0.409 e. The van der Waals surface area contributed by atoms with Gasteiger partial charge in [-0.3, -0.25) is 0 Å². The Morgan fingerprint density at radius 3 is 2.72 bits per heavy atom. The minimum absolute atomic E-state index is 0.00287. The number of nitriles is 1. The summed E-state index contributed by atoms with van der Waals surface area (Å²) in [6, 6.07) is 17.3. The second-order valence-electron chi connectivity index (χ2n) is 7.45.